The molecule has 57 heavy (non-hydrogen) atoms. The Morgan fingerprint density at radius 3 is 2.33 bits per heavy atom. The minimum atomic E-state index is -4.69. The van der Waals surface area contributed by atoms with Crippen LogP contribution in [0.1, 0.15) is 40.7 Å². The summed E-state index contributed by atoms with van der Waals surface area (Å²) in [5.74, 6) is -0.00518. The quantitative estimate of drug-likeness (QED) is 0.140. The first-order chi connectivity index (χ1) is 27.5. The number of hydrogen-bond donors (Lipinski definition) is 4. The number of urea groups is 1. The zero-order valence-corrected chi connectivity index (χ0v) is 31.9. The molecule has 3 fully saturated rings. The van der Waals surface area contributed by atoms with Gasteiger partial charge < -0.3 is 25.6 Å². The van der Waals surface area contributed by atoms with Crippen molar-refractivity contribution in [1.82, 2.24) is 25.4 Å². The Morgan fingerprint density at radius 2 is 1.61 bits per heavy atom. The molecule has 4 aromatic rings. The zero-order valence-electron chi connectivity index (χ0n) is 31.9. The average Bonchev–Trinajstić information content (AvgIpc) is 3.21. The minimum Gasteiger partial charge on any atom is -0.494 e. The molecular weight excluding hydrogens is 740 g/mol. The smallest absolute Gasteiger partial charge is 0.419 e. The fraction of sp³-hybridized carbons (Fsp3) is 0.366. The van der Waals surface area contributed by atoms with E-state index in [2.05, 4.69) is 47.0 Å². The Bertz CT molecular complexity index is 2100. The molecular formula is C41H46F3N9O4. The number of methoxy groups -OCH3 is 1. The number of benzene rings is 3. The maximum Gasteiger partial charge on any atom is 0.419 e. The van der Waals surface area contributed by atoms with Gasteiger partial charge in [-0.15, -0.1) is 0 Å². The van der Waals surface area contributed by atoms with Crippen molar-refractivity contribution in [2.24, 2.45) is 0 Å². The van der Waals surface area contributed by atoms with Crippen LogP contribution < -0.4 is 35.8 Å². The van der Waals surface area contributed by atoms with Gasteiger partial charge in [0.15, 0.2) is 0 Å². The average molecular weight is 786 g/mol. The van der Waals surface area contributed by atoms with Crippen molar-refractivity contribution in [2.75, 3.05) is 80.4 Å². The summed E-state index contributed by atoms with van der Waals surface area (Å²) in [6.07, 6.45) is -1.63. The number of aromatic nitrogens is 1. The highest BCUT2D eigenvalue weighted by molar-refractivity contribution is 6.06. The van der Waals surface area contributed by atoms with E-state index in [1.807, 2.05) is 36.4 Å². The molecule has 4 heterocycles. The van der Waals surface area contributed by atoms with Crippen molar-refractivity contribution >= 4 is 52.1 Å². The molecule has 3 aromatic carbocycles. The molecule has 13 nitrogen and oxygen atoms in total. The van der Waals surface area contributed by atoms with Crippen LogP contribution >= 0.6 is 0 Å². The fourth-order valence-corrected chi connectivity index (χ4v) is 7.76. The Morgan fingerprint density at radius 1 is 0.877 bits per heavy atom. The van der Waals surface area contributed by atoms with E-state index in [1.54, 1.807) is 24.1 Å². The summed E-state index contributed by atoms with van der Waals surface area (Å²) in [5, 5.41) is 10.8. The van der Waals surface area contributed by atoms with Crippen LogP contribution in [0.5, 0.6) is 5.75 Å². The van der Waals surface area contributed by atoms with E-state index in [0.717, 1.165) is 81.8 Å². The highest BCUT2D eigenvalue weighted by atomic mass is 19.4. The van der Waals surface area contributed by atoms with Gasteiger partial charge in [-0.05, 0) is 48.7 Å². The SMILES string of the molecule is CNC(=O)c1ccccc1Nc1cc(Nc2ccc(N3CCC(N4CCN(Cc5ccccc5N5CCC(=O)NC5=O)CC4)CC3)cc2OC)ncc1C(F)(F)F. The second kappa shape index (κ2) is 17.1. The number of amides is 4. The number of ether oxygens (including phenoxy) is 1. The summed E-state index contributed by atoms with van der Waals surface area (Å²) in [5.41, 5.74) is 2.62. The minimum absolute atomic E-state index is 0.159. The number of anilines is 6. The molecule has 4 N–H and O–H groups in total. The number of carbonyl (C=O) groups is 3. The van der Waals surface area contributed by atoms with Crippen LogP contribution in [-0.2, 0) is 17.5 Å². The van der Waals surface area contributed by atoms with Gasteiger partial charge in [-0.1, -0.05) is 30.3 Å². The number of halogens is 3. The van der Waals surface area contributed by atoms with E-state index < -0.39 is 17.6 Å². The maximum absolute atomic E-state index is 14.1. The standard InChI is InChI=1S/C41H46F3N9O4/c1-45-39(55)30-8-4-5-9-32(30)47-34-24-37(46-25-31(34)41(42,43)44)48-33-12-11-29(23-36(33)57-2)51-16-13-28(14-17-51)52-21-19-50(20-22-52)26-27-7-3-6-10-35(27)53-18-15-38(54)49-40(53)56/h3-12,23-25,28H,13-22,26H2,1-2H3,(H,45,55)(H2,46,47,48)(H,49,54,56). The summed E-state index contributed by atoms with van der Waals surface area (Å²) in [7, 11) is 3.00. The molecule has 16 heteroatoms. The van der Waals surface area contributed by atoms with Gasteiger partial charge in [-0.2, -0.15) is 13.2 Å². The molecule has 0 spiro atoms. The van der Waals surface area contributed by atoms with E-state index in [0.29, 0.717) is 24.0 Å². The molecule has 3 saturated heterocycles. The Kier molecular flexibility index (Phi) is 11.8. The molecule has 0 radical (unpaired) electrons. The van der Waals surface area contributed by atoms with E-state index in [9.17, 15) is 27.6 Å². The highest BCUT2D eigenvalue weighted by Crippen LogP contribution is 2.39. The summed E-state index contributed by atoms with van der Waals surface area (Å²) in [6.45, 7) is 6.57. The topological polar surface area (TPSA) is 134 Å². The van der Waals surface area contributed by atoms with Gasteiger partial charge >= 0.3 is 12.2 Å². The normalized spacial score (nSPS) is 17.3. The van der Waals surface area contributed by atoms with E-state index in [1.165, 1.54) is 25.2 Å². The summed E-state index contributed by atoms with van der Waals surface area (Å²) in [4.78, 5) is 49.7. The van der Waals surface area contributed by atoms with Gasteiger partial charge in [0.2, 0.25) is 5.91 Å². The summed E-state index contributed by atoms with van der Waals surface area (Å²) >= 11 is 0. The highest BCUT2D eigenvalue weighted by Gasteiger charge is 2.35. The largest absolute Gasteiger partial charge is 0.494 e. The lowest BCUT2D eigenvalue weighted by Crippen LogP contribution is -2.53. The first-order valence-corrected chi connectivity index (χ1v) is 19.0. The van der Waals surface area contributed by atoms with Crippen molar-refractivity contribution in [3.05, 3.63) is 95.7 Å². The van der Waals surface area contributed by atoms with Crippen LogP contribution in [0, 0.1) is 0 Å². The van der Waals surface area contributed by atoms with Crippen LogP contribution in [-0.4, -0.2) is 98.6 Å². The van der Waals surface area contributed by atoms with Gasteiger partial charge in [0.1, 0.15) is 11.6 Å². The zero-order chi connectivity index (χ0) is 40.1. The lowest BCUT2D eigenvalue weighted by atomic mass is 10.0. The number of pyridine rings is 1. The maximum atomic E-state index is 14.1. The van der Waals surface area contributed by atoms with Crippen molar-refractivity contribution < 1.29 is 32.3 Å². The number of nitrogens with zero attached hydrogens (tertiary/aromatic N) is 5. The number of hydrogen-bond acceptors (Lipinski definition) is 10. The summed E-state index contributed by atoms with van der Waals surface area (Å²) < 4.78 is 47.9. The van der Waals surface area contributed by atoms with Crippen molar-refractivity contribution in [1.29, 1.82) is 0 Å². The molecule has 4 amide bonds. The van der Waals surface area contributed by atoms with Crippen LogP contribution in [0.25, 0.3) is 0 Å². The Hall–Kier alpha value is -5.87. The first kappa shape index (κ1) is 39.4. The molecule has 0 atom stereocenters. The van der Waals surface area contributed by atoms with Crippen molar-refractivity contribution in [3.8, 4) is 5.75 Å². The lowest BCUT2D eigenvalue weighted by Gasteiger charge is -2.43. The van der Waals surface area contributed by atoms with E-state index in [4.69, 9.17) is 4.74 Å². The molecule has 300 valence electrons. The molecule has 3 aliphatic heterocycles. The van der Waals surface area contributed by atoms with Gasteiger partial charge in [0.05, 0.1) is 35.3 Å². The monoisotopic (exact) mass is 785 g/mol. The van der Waals surface area contributed by atoms with Crippen molar-refractivity contribution in [3.63, 3.8) is 0 Å². The second-order valence-corrected chi connectivity index (χ2v) is 14.3. The van der Waals surface area contributed by atoms with Crippen LogP contribution in [0.3, 0.4) is 0 Å². The fourth-order valence-electron chi connectivity index (χ4n) is 7.76. The molecule has 0 aliphatic carbocycles. The van der Waals surface area contributed by atoms with Gasteiger partial charge in [0.25, 0.3) is 5.91 Å². The van der Waals surface area contributed by atoms with Gasteiger partial charge in [-0.3, -0.25) is 29.6 Å². The predicted octanol–water partition coefficient (Wildman–Crippen LogP) is 6.19. The molecule has 7 rings (SSSR count). The third-order valence-corrected chi connectivity index (χ3v) is 10.8. The molecule has 0 unspecified atom stereocenters. The van der Waals surface area contributed by atoms with Crippen LogP contribution in [0.4, 0.5) is 52.2 Å². The second-order valence-electron chi connectivity index (χ2n) is 14.3. The Labute approximate surface area is 329 Å². The first-order valence-electron chi connectivity index (χ1n) is 19.0. The lowest BCUT2D eigenvalue weighted by molar-refractivity contribution is -0.137. The van der Waals surface area contributed by atoms with E-state index in [-0.39, 0.29) is 41.1 Å². The predicted molar refractivity (Wildman–Crippen MR) is 213 cm³/mol. The van der Waals surface area contributed by atoms with Crippen LogP contribution in [0.2, 0.25) is 0 Å². The van der Waals surface area contributed by atoms with E-state index >= 15 is 0 Å². The number of imide groups is 1. The third kappa shape index (κ3) is 9.07. The summed E-state index contributed by atoms with van der Waals surface area (Å²) in [6, 6.07) is 21.3. The number of para-hydroxylation sites is 2. The molecule has 3 aliphatic rings. The molecule has 0 bridgehead atoms. The number of piperidine rings is 1. The molecule has 1 aromatic heterocycles. The van der Waals surface area contributed by atoms with Gasteiger partial charge in [-0.25, -0.2) is 9.78 Å². The number of alkyl halides is 3. The number of rotatable bonds is 11. The number of piperazine rings is 1. The molecule has 0 saturated carbocycles. The third-order valence-electron chi connectivity index (χ3n) is 10.8. The number of nitrogens with one attached hydrogen (secondary N) is 4. The number of carbonyl (C=O) groups excluding carboxylic acids is 3. The van der Waals surface area contributed by atoms with Crippen LogP contribution in [0.15, 0.2) is 79.0 Å². The van der Waals surface area contributed by atoms with Crippen molar-refractivity contribution in [2.45, 2.75) is 38.0 Å². The Balaban J connectivity index is 0.954. The van der Waals surface area contributed by atoms with Gasteiger partial charge in [0, 0.05) is 102 Å².